The number of rotatable bonds is 3. The minimum atomic E-state index is -0.779. The fourth-order valence-electron chi connectivity index (χ4n) is 1.73. The monoisotopic (exact) mass is 310 g/mol. The number of hydrogen-bond acceptors (Lipinski definition) is 3. The Morgan fingerprint density at radius 3 is 2.78 bits per heavy atom. The first kappa shape index (κ1) is 13.0. The molecule has 0 saturated heterocycles. The molecule has 0 aliphatic heterocycles. The molecule has 1 unspecified atom stereocenters. The number of benzene rings is 1. The molecule has 1 aromatic heterocycles. The second-order valence-corrected chi connectivity index (χ2v) is 4.93. The molecule has 0 radical (unpaired) electrons. The zero-order valence-corrected chi connectivity index (χ0v) is 11.1. The van der Waals surface area contributed by atoms with Crippen molar-refractivity contribution in [3.05, 3.63) is 57.9 Å². The Morgan fingerprint density at radius 1 is 1.33 bits per heavy atom. The van der Waals surface area contributed by atoms with Crippen LogP contribution in [0.1, 0.15) is 17.2 Å². The van der Waals surface area contributed by atoms with Crippen LogP contribution in [0.4, 0.5) is 10.2 Å². The smallest absolute Gasteiger partial charge is 0.124 e. The number of nitrogens with two attached hydrogens (primary N) is 1. The highest BCUT2D eigenvalue weighted by molar-refractivity contribution is 9.10. The fraction of sp³-hybridized carbons (Fsp3) is 0.154. The molecule has 0 saturated carbocycles. The summed E-state index contributed by atoms with van der Waals surface area (Å²) in [6, 6.07) is 7.82. The molecule has 1 heterocycles. The number of aromatic nitrogens is 1. The van der Waals surface area contributed by atoms with Crippen molar-refractivity contribution in [2.45, 2.75) is 12.5 Å². The molecule has 3 N–H and O–H groups in total. The van der Waals surface area contributed by atoms with Crippen LogP contribution in [-0.2, 0) is 6.42 Å². The summed E-state index contributed by atoms with van der Waals surface area (Å²) in [5.41, 5.74) is 6.94. The summed E-state index contributed by atoms with van der Waals surface area (Å²) in [5, 5.41) is 10.1. The lowest BCUT2D eigenvalue weighted by molar-refractivity contribution is 0.178. The first-order chi connectivity index (χ1) is 8.54. The van der Waals surface area contributed by atoms with Crippen LogP contribution in [0.5, 0.6) is 0 Å². The SMILES string of the molecule is Nc1cc(CC(O)c2cc(F)cc(Br)c2)ccn1. The summed E-state index contributed by atoms with van der Waals surface area (Å²) >= 11 is 3.20. The zero-order valence-electron chi connectivity index (χ0n) is 9.48. The quantitative estimate of drug-likeness (QED) is 0.916. The van der Waals surface area contributed by atoms with E-state index in [0.29, 0.717) is 22.3 Å². The van der Waals surface area contributed by atoms with E-state index in [0.717, 1.165) is 5.56 Å². The average molecular weight is 311 g/mol. The number of anilines is 1. The van der Waals surface area contributed by atoms with E-state index >= 15 is 0 Å². The summed E-state index contributed by atoms with van der Waals surface area (Å²) in [6.07, 6.45) is 1.17. The number of halogens is 2. The number of nitrogen functional groups attached to an aromatic ring is 1. The minimum absolute atomic E-state index is 0.364. The molecule has 1 atom stereocenters. The molecule has 94 valence electrons. The van der Waals surface area contributed by atoms with E-state index in [-0.39, 0.29) is 5.82 Å². The molecule has 0 aliphatic carbocycles. The minimum Gasteiger partial charge on any atom is -0.388 e. The topological polar surface area (TPSA) is 59.1 Å². The van der Waals surface area contributed by atoms with Crippen LogP contribution in [-0.4, -0.2) is 10.1 Å². The summed E-state index contributed by atoms with van der Waals surface area (Å²) in [6.45, 7) is 0. The van der Waals surface area contributed by atoms with Gasteiger partial charge in [0.1, 0.15) is 11.6 Å². The molecule has 0 spiro atoms. The van der Waals surface area contributed by atoms with Crippen LogP contribution in [0.3, 0.4) is 0 Å². The Morgan fingerprint density at radius 2 is 2.11 bits per heavy atom. The maximum absolute atomic E-state index is 13.2. The van der Waals surface area contributed by atoms with Crippen molar-refractivity contribution in [1.82, 2.24) is 4.98 Å². The van der Waals surface area contributed by atoms with Crippen molar-refractivity contribution in [2.24, 2.45) is 0 Å². The van der Waals surface area contributed by atoms with Crippen LogP contribution in [0, 0.1) is 5.82 Å². The summed E-state index contributed by atoms with van der Waals surface area (Å²) in [5.74, 6) is 0.0211. The molecule has 2 rings (SSSR count). The second-order valence-electron chi connectivity index (χ2n) is 4.01. The molecule has 2 aromatic rings. The van der Waals surface area contributed by atoms with E-state index < -0.39 is 6.10 Å². The van der Waals surface area contributed by atoms with E-state index in [1.54, 1.807) is 24.4 Å². The Bertz CT molecular complexity index is 542. The molecule has 3 nitrogen and oxygen atoms in total. The number of nitrogens with zero attached hydrogens (tertiary/aromatic N) is 1. The molecule has 18 heavy (non-hydrogen) atoms. The normalized spacial score (nSPS) is 12.4. The van der Waals surface area contributed by atoms with Crippen molar-refractivity contribution in [3.63, 3.8) is 0 Å². The van der Waals surface area contributed by atoms with E-state index in [9.17, 15) is 9.50 Å². The van der Waals surface area contributed by atoms with E-state index in [1.165, 1.54) is 12.1 Å². The van der Waals surface area contributed by atoms with Crippen molar-refractivity contribution < 1.29 is 9.50 Å². The zero-order chi connectivity index (χ0) is 13.1. The predicted molar refractivity (Wildman–Crippen MR) is 71.4 cm³/mol. The number of aliphatic hydroxyl groups excluding tert-OH is 1. The summed E-state index contributed by atoms with van der Waals surface area (Å²) in [4.78, 5) is 3.88. The Kier molecular flexibility index (Phi) is 3.93. The van der Waals surface area contributed by atoms with Gasteiger partial charge in [0.2, 0.25) is 0 Å². The van der Waals surface area contributed by atoms with Gasteiger partial charge in [-0.3, -0.25) is 0 Å². The van der Waals surface area contributed by atoms with Crippen LogP contribution in [0.2, 0.25) is 0 Å². The lowest BCUT2D eigenvalue weighted by atomic mass is 10.0. The Labute approximate surface area is 113 Å². The molecule has 0 fully saturated rings. The molecule has 1 aromatic carbocycles. The summed E-state index contributed by atoms with van der Waals surface area (Å²) in [7, 11) is 0. The van der Waals surface area contributed by atoms with Gasteiger partial charge in [0, 0.05) is 17.1 Å². The standard InChI is InChI=1S/C13H12BrFN2O/c14-10-5-9(6-11(15)7-10)12(18)3-8-1-2-17-13(16)4-8/h1-2,4-7,12,18H,3H2,(H2,16,17). The number of pyridine rings is 1. The van der Waals surface area contributed by atoms with Gasteiger partial charge in [0.15, 0.2) is 0 Å². The van der Waals surface area contributed by atoms with Crippen molar-refractivity contribution in [3.8, 4) is 0 Å². The molecular weight excluding hydrogens is 299 g/mol. The third-order valence-electron chi connectivity index (χ3n) is 2.54. The van der Waals surface area contributed by atoms with Gasteiger partial charge in [0.05, 0.1) is 6.10 Å². The van der Waals surface area contributed by atoms with Crippen LogP contribution >= 0.6 is 15.9 Å². The molecule has 0 amide bonds. The third-order valence-corrected chi connectivity index (χ3v) is 3.00. The lowest BCUT2D eigenvalue weighted by Gasteiger charge is -2.12. The molecular formula is C13H12BrFN2O. The van der Waals surface area contributed by atoms with Crippen molar-refractivity contribution in [2.75, 3.05) is 5.73 Å². The highest BCUT2D eigenvalue weighted by Crippen LogP contribution is 2.23. The van der Waals surface area contributed by atoms with E-state index in [4.69, 9.17) is 5.73 Å². The highest BCUT2D eigenvalue weighted by atomic mass is 79.9. The maximum atomic E-state index is 13.2. The van der Waals surface area contributed by atoms with E-state index in [1.807, 2.05) is 0 Å². The molecule has 0 bridgehead atoms. The summed E-state index contributed by atoms with van der Waals surface area (Å²) < 4.78 is 13.8. The van der Waals surface area contributed by atoms with Gasteiger partial charge >= 0.3 is 0 Å². The van der Waals surface area contributed by atoms with Crippen molar-refractivity contribution in [1.29, 1.82) is 0 Å². The first-order valence-electron chi connectivity index (χ1n) is 5.39. The van der Waals surface area contributed by atoms with Crippen molar-refractivity contribution >= 4 is 21.7 Å². The Hall–Kier alpha value is -1.46. The van der Waals surface area contributed by atoms with Crippen LogP contribution in [0.15, 0.2) is 41.0 Å². The van der Waals surface area contributed by atoms with Gasteiger partial charge < -0.3 is 10.8 Å². The highest BCUT2D eigenvalue weighted by Gasteiger charge is 2.11. The van der Waals surface area contributed by atoms with Gasteiger partial charge in [-0.05, 0) is 41.5 Å². The first-order valence-corrected chi connectivity index (χ1v) is 6.18. The van der Waals surface area contributed by atoms with E-state index in [2.05, 4.69) is 20.9 Å². The number of hydrogen-bond donors (Lipinski definition) is 2. The second kappa shape index (κ2) is 5.46. The number of aliphatic hydroxyl groups is 1. The third kappa shape index (κ3) is 3.27. The average Bonchev–Trinajstić information content (AvgIpc) is 2.27. The van der Waals surface area contributed by atoms with Crippen LogP contribution in [0.25, 0.3) is 0 Å². The van der Waals surface area contributed by atoms with Gasteiger partial charge in [-0.1, -0.05) is 15.9 Å². The lowest BCUT2D eigenvalue weighted by Crippen LogP contribution is -2.03. The van der Waals surface area contributed by atoms with Crippen LogP contribution < -0.4 is 5.73 Å². The van der Waals surface area contributed by atoms with Gasteiger partial charge in [0.25, 0.3) is 0 Å². The predicted octanol–water partition coefficient (Wildman–Crippen LogP) is 2.84. The Balaban J connectivity index is 2.19. The van der Waals surface area contributed by atoms with Gasteiger partial charge in [-0.2, -0.15) is 0 Å². The van der Waals surface area contributed by atoms with Gasteiger partial charge in [-0.25, -0.2) is 9.37 Å². The molecule has 5 heteroatoms. The largest absolute Gasteiger partial charge is 0.388 e. The fourth-order valence-corrected chi connectivity index (χ4v) is 2.21. The molecule has 0 aliphatic rings. The maximum Gasteiger partial charge on any atom is 0.124 e. The van der Waals surface area contributed by atoms with Gasteiger partial charge in [-0.15, -0.1) is 0 Å².